The predicted molar refractivity (Wildman–Crippen MR) is 59.6 cm³/mol. The van der Waals surface area contributed by atoms with Crippen molar-refractivity contribution in [1.29, 1.82) is 0 Å². The van der Waals surface area contributed by atoms with Crippen molar-refractivity contribution in [3.8, 4) is 11.5 Å². The van der Waals surface area contributed by atoms with Gasteiger partial charge in [-0.2, -0.15) is 0 Å². The molecule has 0 aliphatic heterocycles. The minimum atomic E-state index is -1.14. The van der Waals surface area contributed by atoms with Crippen LogP contribution in [0.2, 0.25) is 0 Å². The van der Waals surface area contributed by atoms with Gasteiger partial charge >= 0.3 is 5.97 Å². The van der Waals surface area contributed by atoms with E-state index in [1.54, 1.807) is 0 Å². The number of aromatic hydroxyl groups is 2. The number of hydrogen-bond donors (Lipinski definition) is 3. The van der Waals surface area contributed by atoms with Crippen LogP contribution in [0.5, 0.6) is 11.5 Å². The highest BCUT2D eigenvalue weighted by molar-refractivity contribution is 5.74. The van der Waals surface area contributed by atoms with Gasteiger partial charge in [0, 0.05) is 0 Å². The van der Waals surface area contributed by atoms with Crippen LogP contribution < -0.4 is 0 Å². The molecule has 0 saturated carbocycles. The molecule has 0 bridgehead atoms. The smallest absolute Gasteiger partial charge is 0.309 e. The first-order valence-corrected chi connectivity index (χ1v) is 5.10. The van der Waals surface area contributed by atoms with E-state index in [1.807, 2.05) is 0 Å². The molecule has 0 aliphatic rings. The molecule has 0 spiro atoms. The van der Waals surface area contributed by atoms with Gasteiger partial charge in [0.15, 0.2) is 17.3 Å². The molecule has 1 aromatic rings. The molecule has 0 aliphatic carbocycles. The van der Waals surface area contributed by atoms with Crippen LogP contribution in [-0.2, 0) is 11.2 Å². The van der Waals surface area contributed by atoms with E-state index in [-0.39, 0.29) is 12.0 Å². The monoisotopic (exact) mass is 242 g/mol. The molecule has 0 amide bonds. The van der Waals surface area contributed by atoms with Crippen molar-refractivity contribution in [2.75, 3.05) is 0 Å². The maximum atomic E-state index is 13.6. The van der Waals surface area contributed by atoms with Gasteiger partial charge in [-0.1, -0.05) is 0 Å². The zero-order chi connectivity index (χ0) is 13.4. The third-order valence-electron chi connectivity index (χ3n) is 2.69. The predicted octanol–water partition coefficient (Wildman–Crippen LogP) is 2.20. The summed E-state index contributed by atoms with van der Waals surface area (Å²) in [6.45, 7) is 4.44. The van der Waals surface area contributed by atoms with Crippen molar-refractivity contribution >= 4 is 5.97 Å². The fourth-order valence-electron chi connectivity index (χ4n) is 1.52. The zero-order valence-electron chi connectivity index (χ0n) is 9.91. The van der Waals surface area contributed by atoms with Crippen LogP contribution in [0, 0.1) is 18.2 Å². The summed E-state index contributed by atoms with van der Waals surface area (Å²) >= 11 is 0. The first-order chi connectivity index (χ1) is 7.66. The minimum Gasteiger partial charge on any atom is -0.504 e. The van der Waals surface area contributed by atoms with Crippen molar-refractivity contribution in [3.05, 3.63) is 23.0 Å². The van der Waals surface area contributed by atoms with E-state index in [2.05, 4.69) is 0 Å². The molecule has 94 valence electrons. The Hall–Kier alpha value is -1.78. The molecule has 0 aromatic heterocycles. The number of phenolic OH excluding ortho intramolecular Hbond substituents is 2. The van der Waals surface area contributed by atoms with Crippen molar-refractivity contribution in [3.63, 3.8) is 0 Å². The van der Waals surface area contributed by atoms with Crippen LogP contribution in [0.1, 0.15) is 25.0 Å². The summed E-state index contributed by atoms with van der Waals surface area (Å²) < 4.78 is 13.6. The lowest BCUT2D eigenvalue weighted by atomic mass is 9.85. The number of carbonyl (C=O) groups is 1. The van der Waals surface area contributed by atoms with E-state index in [0.29, 0.717) is 5.56 Å². The quantitative estimate of drug-likeness (QED) is 0.710. The lowest BCUT2D eigenvalue weighted by Crippen LogP contribution is -2.26. The Labute approximate surface area is 98.3 Å². The number of halogens is 1. The Kier molecular flexibility index (Phi) is 3.31. The molecule has 17 heavy (non-hydrogen) atoms. The summed E-state index contributed by atoms with van der Waals surface area (Å²) in [5, 5.41) is 27.6. The van der Waals surface area contributed by atoms with Crippen LogP contribution in [0.4, 0.5) is 4.39 Å². The van der Waals surface area contributed by atoms with Gasteiger partial charge < -0.3 is 15.3 Å². The highest BCUT2D eigenvalue weighted by Gasteiger charge is 2.30. The fourth-order valence-corrected chi connectivity index (χ4v) is 1.52. The lowest BCUT2D eigenvalue weighted by molar-refractivity contribution is -0.146. The average molecular weight is 242 g/mol. The first kappa shape index (κ1) is 13.3. The van der Waals surface area contributed by atoms with Crippen molar-refractivity contribution in [2.45, 2.75) is 27.2 Å². The largest absolute Gasteiger partial charge is 0.504 e. The second-order valence-corrected chi connectivity index (χ2v) is 4.73. The maximum absolute atomic E-state index is 13.6. The molecule has 3 N–H and O–H groups in total. The number of carboxylic acids is 1. The number of rotatable bonds is 3. The summed E-state index contributed by atoms with van der Waals surface area (Å²) in [6.07, 6.45) is -0.0666. The molecule has 1 aromatic carbocycles. The summed E-state index contributed by atoms with van der Waals surface area (Å²) in [5.41, 5.74) is -0.762. The molecule has 0 unspecified atom stereocenters. The number of aryl methyl sites for hydroxylation is 1. The van der Waals surface area contributed by atoms with Crippen LogP contribution >= 0.6 is 0 Å². The van der Waals surface area contributed by atoms with Gasteiger partial charge in [-0.15, -0.1) is 0 Å². The van der Waals surface area contributed by atoms with Gasteiger partial charge in [0.2, 0.25) is 0 Å². The summed E-state index contributed by atoms with van der Waals surface area (Å²) in [4.78, 5) is 10.9. The number of phenols is 2. The van der Waals surface area contributed by atoms with E-state index < -0.39 is 28.7 Å². The summed E-state index contributed by atoms with van der Waals surface area (Å²) in [6, 6.07) is 1.34. The highest BCUT2D eigenvalue weighted by atomic mass is 19.1. The summed E-state index contributed by atoms with van der Waals surface area (Å²) in [5.74, 6) is -3.37. The topological polar surface area (TPSA) is 77.8 Å². The van der Waals surface area contributed by atoms with Crippen molar-refractivity contribution in [2.24, 2.45) is 5.41 Å². The molecule has 0 saturated heterocycles. The molecule has 0 fully saturated rings. The molecular formula is C12H15FO4. The molecule has 4 nitrogen and oxygen atoms in total. The van der Waals surface area contributed by atoms with Gasteiger partial charge in [-0.05, 0) is 44.4 Å². The fraction of sp³-hybridized carbons (Fsp3) is 0.417. The Morgan fingerprint density at radius 3 is 2.35 bits per heavy atom. The lowest BCUT2D eigenvalue weighted by Gasteiger charge is -2.20. The van der Waals surface area contributed by atoms with Crippen LogP contribution in [0.3, 0.4) is 0 Å². The van der Waals surface area contributed by atoms with Crippen LogP contribution in [-0.4, -0.2) is 21.3 Å². The molecule has 5 heteroatoms. The summed E-state index contributed by atoms with van der Waals surface area (Å²) in [7, 11) is 0. The van der Waals surface area contributed by atoms with Crippen molar-refractivity contribution in [1.82, 2.24) is 0 Å². The third kappa shape index (κ3) is 2.49. The SMILES string of the molecule is Cc1cc(CC(C)(C)C(=O)O)c(F)c(O)c1O. The average Bonchev–Trinajstić information content (AvgIpc) is 2.22. The second-order valence-electron chi connectivity index (χ2n) is 4.73. The normalized spacial score (nSPS) is 11.5. The van der Waals surface area contributed by atoms with Gasteiger partial charge in [-0.25, -0.2) is 4.39 Å². The molecule has 0 atom stereocenters. The van der Waals surface area contributed by atoms with Gasteiger partial charge in [0.25, 0.3) is 0 Å². The van der Waals surface area contributed by atoms with E-state index in [4.69, 9.17) is 5.11 Å². The van der Waals surface area contributed by atoms with Gasteiger partial charge in [-0.3, -0.25) is 4.79 Å². The number of carboxylic acid groups (broad SMARTS) is 1. The van der Waals surface area contributed by atoms with Gasteiger partial charge in [0.05, 0.1) is 5.41 Å². The van der Waals surface area contributed by atoms with Gasteiger partial charge in [0.1, 0.15) is 0 Å². The third-order valence-corrected chi connectivity index (χ3v) is 2.69. The number of benzene rings is 1. The number of hydrogen-bond acceptors (Lipinski definition) is 3. The number of aliphatic carboxylic acids is 1. The maximum Gasteiger partial charge on any atom is 0.309 e. The van der Waals surface area contributed by atoms with Crippen LogP contribution in [0.15, 0.2) is 6.07 Å². The minimum absolute atomic E-state index is 0.0666. The molecule has 0 heterocycles. The molecule has 0 radical (unpaired) electrons. The first-order valence-electron chi connectivity index (χ1n) is 5.10. The zero-order valence-corrected chi connectivity index (χ0v) is 9.91. The Bertz CT molecular complexity index is 466. The molecule has 1 rings (SSSR count). The van der Waals surface area contributed by atoms with E-state index in [0.717, 1.165) is 0 Å². The Morgan fingerprint density at radius 1 is 1.35 bits per heavy atom. The molecular weight excluding hydrogens is 227 g/mol. The van der Waals surface area contributed by atoms with Crippen LogP contribution in [0.25, 0.3) is 0 Å². The Morgan fingerprint density at radius 2 is 1.88 bits per heavy atom. The highest BCUT2D eigenvalue weighted by Crippen LogP contribution is 2.36. The van der Waals surface area contributed by atoms with E-state index in [1.165, 1.54) is 26.8 Å². The standard InChI is InChI=1S/C12H15FO4/c1-6-4-7(5-12(2,3)11(16)17)8(13)10(15)9(6)14/h4,14-15H,5H2,1-3H3,(H,16,17). The van der Waals surface area contributed by atoms with E-state index in [9.17, 15) is 19.4 Å². The van der Waals surface area contributed by atoms with Crippen molar-refractivity contribution < 1.29 is 24.5 Å². The second kappa shape index (κ2) is 4.24. The van der Waals surface area contributed by atoms with E-state index >= 15 is 0 Å². The Balaban J connectivity index is 3.21.